The van der Waals surface area contributed by atoms with Gasteiger partial charge < -0.3 is 8.85 Å². The van der Waals surface area contributed by atoms with Crippen molar-refractivity contribution in [3.05, 3.63) is 11.6 Å². The molecule has 0 radical (unpaired) electrons. The van der Waals surface area contributed by atoms with Crippen molar-refractivity contribution < 1.29 is 8.85 Å². The molecule has 0 bridgehead atoms. The van der Waals surface area contributed by atoms with Crippen LogP contribution in [0.15, 0.2) is 11.6 Å². The average molecular weight is 449 g/mol. The lowest BCUT2D eigenvalue weighted by atomic mass is 9.45. The molecule has 4 aliphatic carbocycles. The van der Waals surface area contributed by atoms with Gasteiger partial charge in [0, 0.05) is 12.0 Å². The average Bonchev–Trinajstić information content (AvgIpc) is 2.94. The second kappa shape index (κ2) is 7.85. The third-order valence-corrected chi connectivity index (χ3v) is 11.5. The van der Waals surface area contributed by atoms with Crippen molar-refractivity contribution in [1.29, 1.82) is 0 Å². The van der Waals surface area contributed by atoms with Crippen LogP contribution in [0.3, 0.4) is 0 Å². The van der Waals surface area contributed by atoms with Crippen molar-refractivity contribution in [2.75, 3.05) is 6.61 Å². The van der Waals surface area contributed by atoms with Crippen molar-refractivity contribution in [2.24, 2.45) is 34.5 Å². The highest BCUT2D eigenvalue weighted by Gasteiger charge is 2.61. The summed E-state index contributed by atoms with van der Waals surface area (Å²) in [5, 5.41) is 0. The van der Waals surface area contributed by atoms with Crippen molar-refractivity contribution in [3.63, 3.8) is 0 Å². The summed E-state index contributed by atoms with van der Waals surface area (Å²) in [6, 6.07) is 0. The van der Waals surface area contributed by atoms with Gasteiger partial charge >= 0.3 is 0 Å². The van der Waals surface area contributed by atoms with E-state index in [2.05, 4.69) is 59.2 Å². The molecule has 4 heteroatoms. The van der Waals surface area contributed by atoms with Crippen LogP contribution in [-0.2, 0) is 8.85 Å². The predicted molar refractivity (Wildman–Crippen MR) is 133 cm³/mol. The zero-order valence-corrected chi connectivity index (χ0v) is 23.1. The van der Waals surface area contributed by atoms with Crippen LogP contribution < -0.4 is 0 Å². The first-order chi connectivity index (χ1) is 13.9. The molecule has 0 saturated heterocycles. The van der Waals surface area contributed by atoms with Gasteiger partial charge in [-0.05, 0) is 120 Å². The van der Waals surface area contributed by atoms with Crippen LogP contribution in [0.5, 0.6) is 0 Å². The zero-order chi connectivity index (χ0) is 21.9. The highest BCUT2D eigenvalue weighted by molar-refractivity contribution is 6.70. The fourth-order valence-electron chi connectivity index (χ4n) is 8.11. The normalized spacial score (nSPS) is 44.1. The van der Waals surface area contributed by atoms with Crippen LogP contribution >= 0.6 is 0 Å². The van der Waals surface area contributed by atoms with Gasteiger partial charge in [0.25, 0.3) is 0 Å². The molecule has 0 N–H and O–H groups in total. The van der Waals surface area contributed by atoms with Gasteiger partial charge in [-0.25, -0.2) is 0 Å². The molecule has 3 saturated carbocycles. The summed E-state index contributed by atoms with van der Waals surface area (Å²) >= 11 is 0. The number of hydrogen-bond donors (Lipinski definition) is 0. The number of rotatable bonds is 5. The summed E-state index contributed by atoms with van der Waals surface area (Å²) < 4.78 is 13.6. The maximum atomic E-state index is 6.80. The largest absolute Gasteiger partial charge is 0.417 e. The van der Waals surface area contributed by atoms with Gasteiger partial charge in [0.1, 0.15) is 0 Å². The third kappa shape index (κ3) is 3.97. The lowest BCUT2D eigenvalue weighted by Gasteiger charge is -2.61. The van der Waals surface area contributed by atoms with Crippen LogP contribution in [0.2, 0.25) is 39.3 Å². The lowest BCUT2D eigenvalue weighted by Crippen LogP contribution is -2.57. The fraction of sp³-hybridized carbons (Fsp3) is 0.923. The Morgan fingerprint density at radius 3 is 2.33 bits per heavy atom. The summed E-state index contributed by atoms with van der Waals surface area (Å²) in [5.41, 5.74) is 2.51. The Morgan fingerprint density at radius 2 is 1.67 bits per heavy atom. The molecule has 3 fully saturated rings. The van der Waals surface area contributed by atoms with E-state index in [-0.39, 0.29) is 0 Å². The molecule has 30 heavy (non-hydrogen) atoms. The minimum atomic E-state index is -1.53. The molecule has 0 amide bonds. The van der Waals surface area contributed by atoms with Gasteiger partial charge in [0.15, 0.2) is 16.6 Å². The van der Waals surface area contributed by atoms with Crippen LogP contribution in [0.25, 0.3) is 0 Å². The fourth-order valence-corrected chi connectivity index (χ4v) is 10.0. The van der Waals surface area contributed by atoms with Gasteiger partial charge in [0.2, 0.25) is 0 Å². The molecule has 0 aromatic heterocycles. The summed E-state index contributed by atoms with van der Waals surface area (Å²) in [6.07, 6.45) is 14.0. The Labute approximate surface area is 188 Å². The van der Waals surface area contributed by atoms with Crippen molar-refractivity contribution >= 4 is 16.6 Å². The smallest absolute Gasteiger partial charge is 0.184 e. The second-order valence-corrected chi connectivity index (χ2v) is 22.4. The van der Waals surface area contributed by atoms with E-state index in [9.17, 15) is 0 Å². The molecule has 0 aliphatic heterocycles. The van der Waals surface area contributed by atoms with Crippen LogP contribution in [0.4, 0.5) is 0 Å². The topological polar surface area (TPSA) is 18.5 Å². The maximum Gasteiger partial charge on any atom is 0.184 e. The Bertz CT molecular complexity index is 676. The number of allylic oxidation sites excluding steroid dienone is 1. The molecule has 0 aromatic carbocycles. The third-order valence-electron chi connectivity index (χ3n) is 9.47. The van der Waals surface area contributed by atoms with E-state index in [1.54, 1.807) is 5.57 Å². The van der Waals surface area contributed by atoms with Crippen LogP contribution in [0, 0.1) is 34.5 Å². The van der Waals surface area contributed by atoms with Crippen molar-refractivity contribution in [2.45, 2.75) is 111 Å². The van der Waals surface area contributed by atoms with E-state index in [1.807, 2.05) is 0 Å². The van der Waals surface area contributed by atoms with E-state index in [1.165, 1.54) is 51.4 Å². The van der Waals surface area contributed by atoms with Gasteiger partial charge in [0.05, 0.1) is 6.10 Å². The molecule has 4 rings (SSSR count). The lowest BCUT2D eigenvalue weighted by molar-refractivity contribution is -0.100. The summed E-state index contributed by atoms with van der Waals surface area (Å²) in [4.78, 5) is 0. The Hall–Kier alpha value is 0.0938. The van der Waals surface area contributed by atoms with Crippen LogP contribution in [0.1, 0.15) is 65.2 Å². The minimum absolute atomic E-state index is 0.320. The molecule has 0 heterocycles. The first kappa shape index (κ1) is 23.3. The zero-order valence-electron chi connectivity index (χ0n) is 21.1. The van der Waals surface area contributed by atoms with Gasteiger partial charge in [-0.1, -0.05) is 25.5 Å². The summed E-state index contributed by atoms with van der Waals surface area (Å²) in [6.45, 7) is 20.4. The first-order valence-corrected chi connectivity index (χ1v) is 19.7. The van der Waals surface area contributed by atoms with E-state index in [4.69, 9.17) is 8.85 Å². The summed E-state index contributed by atoms with van der Waals surface area (Å²) in [5.74, 6) is 3.33. The van der Waals surface area contributed by atoms with Gasteiger partial charge in [-0.3, -0.25) is 0 Å². The molecule has 4 aliphatic rings. The molecule has 172 valence electrons. The molecular formula is C26H48O2Si2. The predicted octanol–water partition coefficient (Wildman–Crippen LogP) is 7.64. The Kier molecular flexibility index (Phi) is 6.08. The molecular weight excluding hydrogens is 400 g/mol. The van der Waals surface area contributed by atoms with E-state index >= 15 is 0 Å². The van der Waals surface area contributed by atoms with Gasteiger partial charge in [-0.2, -0.15) is 0 Å². The van der Waals surface area contributed by atoms with E-state index in [0.29, 0.717) is 16.9 Å². The summed E-state index contributed by atoms with van der Waals surface area (Å²) in [7, 11) is -3.03. The van der Waals surface area contributed by atoms with Crippen LogP contribution in [-0.4, -0.2) is 29.3 Å². The van der Waals surface area contributed by atoms with E-state index < -0.39 is 16.6 Å². The standard InChI is InChI=1S/C26H48O2Si2/c1-19-10-9-11-20-12-13-21-22-14-15-24(28-30(6,7)8)25(22,2)17-16-23(21)26(19,20)18-27-29(3,4)5/h11,19,21-24H,9-10,12-18H2,1-8H3/t19-,21-,22-,23-,24-,25-,26-/m0/s1. The SMILES string of the molecule is C[C@H]1CCC=C2CC[C@H]3[C@@H]4CC[C@H](O[Si](C)(C)C)[C@@]4(C)CC[C@@H]3[C@]21CO[Si](C)(C)C. The highest BCUT2D eigenvalue weighted by Crippen LogP contribution is 2.67. The number of hydrogen-bond acceptors (Lipinski definition) is 2. The molecule has 0 aromatic rings. The maximum absolute atomic E-state index is 6.80. The molecule has 0 spiro atoms. The van der Waals surface area contributed by atoms with Crippen molar-refractivity contribution in [3.8, 4) is 0 Å². The minimum Gasteiger partial charge on any atom is -0.417 e. The van der Waals surface area contributed by atoms with Gasteiger partial charge in [-0.15, -0.1) is 0 Å². The number of fused-ring (bicyclic) bond motifs is 5. The monoisotopic (exact) mass is 448 g/mol. The molecule has 7 atom stereocenters. The Morgan fingerprint density at radius 1 is 0.933 bits per heavy atom. The highest BCUT2D eigenvalue weighted by atomic mass is 28.4. The first-order valence-electron chi connectivity index (χ1n) is 12.9. The quantitative estimate of drug-likeness (QED) is 0.318. The second-order valence-electron chi connectivity index (χ2n) is 13.4. The van der Waals surface area contributed by atoms with E-state index in [0.717, 1.165) is 30.3 Å². The molecule has 0 unspecified atom stereocenters. The Balaban J connectivity index is 1.65. The molecule has 2 nitrogen and oxygen atoms in total. The van der Waals surface area contributed by atoms with Crippen molar-refractivity contribution in [1.82, 2.24) is 0 Å².